The van der Waals surface area contributed by atoms with Crippen molar-refractivity contribution in [3.05, 3.63) is 28.0 Å². The van der Waals surface area contributed by atoms with E-state index in [0.29, 0.717) is 16.7 Å². The fraction of sp³-hybridized carbons (Fsp3) is 0.538. The summed E-state index contributed by atoms with van der Waals surface area (Å²) in [6.07, 6.45) is 1.91. The lowest BCUT2D eigenvalue weighted by molar-refractivity contribution is -0.119. The van der Waals surface area contributed by atoms with Gasteiger partial charge in [0, 0.05) is 32.6 Å². The van der Waals surface area contributed by atoms with Crippen LogP contribution < -0.4 is 5.32 Å². The SMILES string of the molecule is CC(=O)NC1CCN(Cc2nc(Cl)ccc2Cl)CC1. The number of pyridine rings is 1. The van der Waals surface area contributed by atoms with Crippen molar-refractivity contribution >= 4 is 29.1 Å². The van der Waals surface area contributed by atoms with Crippen LogP contribution in [0.2, 0.25) is 10.2 Å². The highest BCUT2D eigenvalue weighted by Gasteiger charge is 2.20. The van der Waals surface area contributed by atoms with Crippen LogP contribution in [0.3, 0.4) is 0 Å². The Bertz CT molecular complexity index is 459. The van der Waals surface area contributed by atoms with Crippen LogP contribution in [0.5, 0.6) is 0 Å². The Hall–Kier alpha value is -0.840. The molecule has 1 fully saturated rings. The molecule has 0 aromatic carbocycles. The first kappa shape index (κ1) is 14.6. The van der Waals surface area contributed by atoms with Crippen LogP contribution in [0.15, 0.2) is 12.1 Å². The lowest BCUT2D eigenvalue weighted by atomic mass is 10.0. The number of amides is 1. The zero-order chi connectivity index (χ0) is 13.8. The van der Waals surface area contributed by atoms with Gasteiger partial charge in [0.05, 0.1) is 10.7 Å². The molecule has 0 aliphatic carbocycles. The van der Waals surface area contributed by atoms with E-state index in [0.717, 1.165) is 31.6 Å². The molecule has 1 N–H and O–H groups in total. The smallest absolute Gasteiger partial charge is 0.217 e. The zero-order valence-corrected chi connectivity index (χ0v) is 12.3. The molecular formula is C13H17Cl2N3O. The molecule has 2 heterocycles. The third-order valence-electron chi connectivity index (χ3n) is 3.25. The quantitative estimate of drug-likeness (QED) is 0.873. The molecule has 0 saturated carbocycles. The summed E-state index contributed by atoms with van der Waals surface area (Å²) >= 11 is 12.0. The summed E-state index contributed by atoms with van der Waals surface area (Å²) in [5.41, 5.74) is 0.812. The third-order valence-corrected chi connectivity index (χ3v) is 3.81. The molecule has 104 valence electrons. The van der Waals surface area contributed by atoms with Gasteiger partial charge in [0.15, 0.2) is 0 Å². The van der Waals surface area contributed by atoms with E-state index in [9.17, 15) is 4.79 Å². The van der Waals surface area contributed by atoms with Crippen LogP contribution >= 0.6 is 23.2 Å². The number of hydrogen-bond acceptors (Lipinski definition) is 3. The van der Waals surface area contributed by atoms with Crippen LogP contribution in [0.4, 0.5) is 0 Å². The summed E-state index contributed by atoms with van der Waals surface area (Å²) in [5, 5.41) is 4.07. The lowest BCUT2D eigenvalue weighted by Crippen LogP contribution is -2.43. The molecule has 4 nitrogen and oxygen atoms in total. The van der Waals surface area contributed by atoms with Gasteiger partial charge in [-0.1, -0.05) is 23.2 Å². The second-order valence-electron chi connectivity index (χ2n) is 4.81. The first-order valence-corrected chi connectivity index (χ1v) is 7.10. The maximum atomic E-state index is 11.0. The minimum atomic E-state index is 0.0398. The number of piperidine rings is 1. The van der Waals surface area contributed by atoms with Crippen LogP contribution in [-0.2, 0) is 11.3 Å². The molecule has 1 saturated heterocycles. The molecule has 2 rings (SSSR count). The summed E-state index contributed by atoms with van der Waals surface area (Å²) in [6, 6.07) is 3.75. The molecule has 1 aliphatic rings. The van der Waals surface area contributed by atoms with Crippen LogP contribution in [-0.4, -0.2) is 34.9 Å². The number of hydrogen-bond donors (Lipinski definition) is 1. The number of aromatic nitrogens is 1. The second kappa shape index (κ2) is 6.55. The van der Waals surface area contributed by atoms with Crippen molar-refractivity contribution in [3.63, 3.8) is 0 Å². The van der Waals surface area contributed by atoms with Crippen LogP contribution in [0.1, 0.15) is 25.5 Å². The highest BCUT2D eigenvalue weighted by atomic mass is 35.5. The van der Waals surface area contributed by atoms with E-state index >= 15 is 0 Å². The van der Waals surface area contributed by atoms with Crippen LogP contribution in [0.25, 0.3) is 0 Å². The van der Waals surface area contributed by atoms with Gasteiger partial charge in [-0.2, -0.15) is 0 Å². The molecule has 1 aliphatic heterocycles. The van der Waals surface area contributed by atoms with Crippen molar-refractivity contribution in [2.24, 2.45) is 0 Å². The standard InChI is InChI=1S/C13H17Cl2N3O/c1-9(19)16-10-4-6-18(7-5-10)8-12-11(14)2-3-13(15)17-12/h2-3,10H,4-8H2,1H3,(H,16,19). The number of nitrogens with zero attached hydrogens (tertiary/aromatic N) is 2. The normalized spacial score (nSPS) is 17.4. The molecule has 19 heavy (non-hydrogen) atoms. The van der Waals surface area contributed by atoms with Gasteiger partial charge in [0.1, 0.15) is 5.15 Å². The summed E-state index contributed by atoms with van der Waals surface area (Å²) in [7, 11) is 0. The van der Waals surface area contributed by atoms with E-state index < -0.39 is 0 Å². The fourth-order valence-electron chi connectivity index (χ4n) is 2.30. The summed E-state index contributed by atoms with van der Waals surface area (Å²) < 4.78 is 0. The second-order valence-corrected chi connectivity index (χ2v) is 5.61. The minimum absolute atomic E-state index is 0.0398. The number of nitrogens with one attached hydrogen (secondary N) is 1. The van der Waals surface area contributed by atoms with E-state index in [1.165, 1.54) is 0 Å². The highest BCUT2D eigenvalue weighted by Crippen LogP contribution is 2.20. The molecule has 1 aromatic rings. The average molecular weight is 302 g/mol. The topological polar surface area (TPSA) is 45.2 Å². The van der Waals surface area contributed by atoms with Gasteiger partial charge >= 0.3 is 0 Å². The highest BCUT2D eigenvalue weighted by molar-refractivity contribution is 6.32. The third kappa shape index (κ3) is 4.34. The predicted molar refractivity (Wildman–Crippen MR) is 76.4 cm³/mol. The molecule has 0 unspecified atom stereocenters. The Morgan fingerprint density at radius 1 is 1.42 bits per heavy atom. The van der Waals surface area contributed by atoms with Crippen molar-refractivity contribution in [1.82, 2.24) is 15.2 Å². The first-order valence-electron chi connectivity index (χ1n) is 6.35. The monoisotopic (exact) mass is 301 g/mol. The van der Waals surface area contributed by atoms with Gasteiger partial charge in [-0.15, -0.1) is 0 Å². The van der Waals surface area contributed by atoms with Gasteiger partial charge in [0.25, 0.3) is 0 Å². The Morgan fingerprint density at radius 3 is 2.74 bits per heavy atom. The molecule has 0 spiro atoms. The summed E-state index contributed by atoms with van der Waals surface area (Å²) in [4.78, 5) is 17.5. The molecule has 6 heteroatoms. The Morgan fingerprint density at radius 2 is 2.11 bits per heavy atom. The lowest BCUT2D eigenvalue weighted by Gasteiger charge is -2.32. The van der Waals surface area contributed by atoms with Crippen LogP contribution in [0, 0.1) is 0 Å². The number of rotatable bonds is 3. The van der Waals surface area contributed by atoms with E-state index in [4.69, 9.17) is 23.2 Å². The summed E-state index contributed by atoms with van der Waals surface area (Å²) in [5.74, 6) is 0.0398. The maximum absolute atomic E-state index is 11.0. The van der Waals surface area contributed by atoms with Gasteiger partial charge in [-0.05, 0) is 25.0 Å². The molecule has 0 radical (unpaired) electrons. The first-order chi connectivity index (χ1) is 9.04. The fourth-order valence-corrected chi connectivity index (χ4v) is 2.63. The Labute approximate surface area is 123 Å². The number of halogens is 2. The van der Waals surface area contributed by atoms with E-state index in [1.54, 1.807) is 19.1 Å². The van der Waals surface area contributed by atoms with Gasteiger partial charge in [0.2, 0.25) is 5.91 Å². The number of carbonyl (C=O) groups is 1. The van der Waals surface area contributed by atoms with Crippen molar-refractivity contribution in [2.75, 3.05) is 13.1 Å². The molecular weight excluding hydrogens is 285 g/mol. The minimum Gasteiger partial charge on any atom is -0.354 e. The van der Waals surface area contributed by atoms with Crippen molar-refractivity contribution < 1.29 is 4.79 Å². The van der Waals surface area contributed by atoms with Gasteiger partial charge in [-0.25, -0.2) is 4.98 Å². The van der Waals surface area contributed by atoms with Crippen molar-refractivity contribution in [1.29, 1.82) is 0 Å². The Balaban J connectivity index is 1.88. The van der Waals surface area contributed by atoms with E-state index in [2.05, 4.69) is 15.2 Å². The van der Waals surface area contributed by atoms with Crippen molar-refractivity contribution in [3.8, 4) is 0 Å². The molecule has 0 bridgehead atoms. The summed E-state index contributed by atoms with van der Waals surface area (Å²) in [6.45, 7) is 4.11. The van der Waals surface area contributed by atoms with Gasteiger partial charge in [-0.3, -0.25) is 9.69 Å². The van der Waals surface area contributed by atoms with Crippen molar-refractivity contribution in [2.45, 2.75) is 32.4 Å². The number of carbonyl (C=O) groups excluding carboxylic acids is 1. The van der Waals surface area contributed by atoms with Gasteiger partial charge < -0.3 is 5.32 Å². The molecule has 0 atom stereocenters. The molecule has 1 aromatic heterocycles. The van der Waals surface area contributed by atoms with E-state index in [-0.39, 0.29) is 11.9 Å². The Kier molecular flexibility index (Phi) is 5.02. The zero-order valence-electron chi connectivity index (χ0n) is 10.8. The largest absolute Gasteiger partial charge is 0.354 e. The predicted octanol–water partition coefficient (Wildman–Crippen LogP) is 2.49. The average Bonchev–Trinajstić information content (AvgIpc) is 2.35. The molecule has 1 amide bonds. The number of likely N-dealkylation sites (tertiary alicyclic amines) is 1. The van der Waals surface area contributed by atoms with E-state index in [1.807, 2.05) is 0 Å². The maximum Gasteiger partial charge on any atom is 0.217 e.